The molecule has 1 unspecified atom stereocenters. The van der Waals surface area contributed by atoms with Crippen molar-refractivity contribution in [1.82, 2.24) is 15.5 Å². The lowest BCUT2D eigenvalue weighted by Gasteiger charge is -2.26. The summed E-state index contributed by atoms with van der Waals surface area (Å²) < 4.78 is 23.0. The Bertz CT molecular complexity index is 678. The van der Waals surface area contributed by atoms with Gasteiger partial charge in [0.25, 0.3) is 0 Å². The van der Waals surface area contributed by atoms with Crippen molar-refractivity contribution in [2.45, 2.75) is 26.7 Å². The van der Waals surface area contributed by atoms with Crippen LogP contribution in [0.15, 0.2) is 29.3 Å². The van der Waals surface area contributed by atoms with Gasteiger partial charge in [0.05, 0.1) is 11.5 Å². The molecule has 0 spiro atoms. The van der Waals surface area contributed by atoms with Crippen LogP contribution < -0.4 is 10.6 Å². The van der Waals surface area contributed by atoms with E-state index in [9.17, 15) is 8.42 Å². The molecule has 1 heterocycles. The predicted molar refractivity (Wildman–Crippen MR) is 124 cm³/mol. The zero-order chi connectivity index (χ0) is 19.0. The average Bonchev–Trinajstić information content (AvgIpc) is 2.61. The number of sulfone groups is 1. The van der Waals surface area contributed by atoms with E-state index >= 15 is 0 Å². The van der Waals surface area contributed by atoms with E-state index in [1.54, 1.807) is 0 Å². The van der Waals surface area contributed by atoms with Crippen molar-refractivity contribution >= 4 is 39.8 Å². The molecule has 0 aliphatic carbocycles. The quantitative estimate of drug-likeness (QED) is 0.335. The molecule has 1 aliphatic heterocycles. The summed E-state index contributed by atoms with van der Waals surface area (Å²) >= 11 is 0. The number of aliphatic imine (C=N–C) groups is 1. The number of hydrogen-bond acceptors (Lipinski definition) is 4. The Labute approximate surface area is 181 Å². The number of hydrogen-bond donors (Lipinski definition) is 2. The van der Waals surface area contributed by atoms with Gasteiger partial charge in [-0.1, -0.05) is 36.8 Å². The van der Waals surface area contributed by atoms with Crippen LogP contribution in [0.3, 0.4) is 0 Å². The zero-order valence-electron chi connectivity index (χ0n) is 16.6. The number of nitrogens with one attached hydrogen (secondary N) is 2. The first-order valence-corrected chi connectivity index (χ1v) is 11.2. The van der Waals surface area contributed by atoms with Crippen LogP contribution in [0.5, 0.6) is 0 Å². The fourth-order valence-electron chi connectivity index (χ4n) is 2.88. The van der Waals surface area contributed by atoms with E-state index in [0.717, 1.165) is 32.1 Å². The molecular weight excluding hydrogens is 475 g/mol. The van der Waals surface area contributed by atoms with Crippen LogP contribution in [0.25, 0.3) is 0 Å². The van der Waals surface area contributed by atoms with Crippen molar-refractivity contribution in [1.29, 1.82) is 0 Å². The summed E-state index contributed by atoms with van der Waals surface area (Å²) in [5.74, 6) is 1.72. The van der Waals surface area contributed by atoms with E-state index in [4.69, 9.17) is 4.99 Å². The van der Waals surface area contributed by atoms with Gasteiger partial charge in [-0.3, -0.25) is 9.89 Å². The lowest BCUT2D eigenvalue weighted by atomic mass is 10.0. The molecule has 0 radical (unpaired) electrons. The molecule has 1 atom stereocenters. The third-order valence-corrected chi connectivity index (χ3v) is 6.28. The first-order valence-electron chi connectivity index (χ1n) is 9.41. The summed E-state index contributed by atoms with van der Waals surface area (Å²) in [5.41, 5.74) is 2.56. The van der Waals surface area contributed by atoms with Crippen molar-refractivity contribution in [3.8, 4) is 0 Å². The largest absolute Gasteiger partial charge is 0.357 e. The molecule has 8 heteroatoms. The molecule has 1 fully saturated rings. The normalized spacial score (nSPS) is 18.4. The van der Waals surface area contributed by atoms with Gasteiger partial charge in [0.15, 0.2) is 15.8 Å². The van der Waals surface area contributed by atoms with E-state index in [1.165, 1.54) is 11.1 Å². The van der Waals surface area contributed by atoms with Gasteiger partial charge in [0, 0.05) is 45.2 Å². The summed E-state index contributed by atoms with van der Waals surface area (Å²) in [7, 11) is -2.81. The number of nitrogens with zero attached hydrogens (tertiary/aromatic N) is 2. The molecule has 0 amide bonds. The van der Waals surface area contributed by atoms with Gasteiger partial charge in [-0.15, -0.1) is 24.0 Å². The fourth-order valence-corrected chi connectivity index (χ4v) is 4.15. The molecule has 0 bridgehead atoms. The molecule has 0 saturated carbocycles. The first-order chi connectivity index (χ1) is 12.4. The van der Waals surface area contributed by atoms with E-state index < -0.39 is 9.84 Å². The summed E-state index contributed by atoms with van der Waals surface area (Å²) in [5, 5.41) is 6.63. The molecular formula is C19H33IN4O2S. The second-order valence-corrected chi connectivity index (χ2v) is 9.26. The molecule has 1 aliphatic rings. The molecule has 6 nitrogen and oxygen atoms in total. The second kappa shape index (κ2) is 11.9. The number of benzene rings is 1. The van der Waals surface area contributed by atoms with Crippen LogP contribution in [-0.2, 0) is 9.84 Å². The molecule has 0 aromatic heterocycles. The molecule has 27 heavy (non-hydrogen) atoms. The second-order valence-electron chi connectivity index (χ2n) is 6.95. The number of guanidine groups is 1. The third-order valence-electron chi connectivity index (χ3n) is 4.67. The average molecular weight is 508 g/mol. The smallest absolute Gasteiger partial charge is 0.191 e. The van der Waals surface area contributed by atoms with Crippen molar-refractivity contribution in [3.63, 3.8) is 0 Å². The minimum Gasteiger partial charge on any atom is -0.357 e. The standard InChI is InChI=1S/C19H32N4O2S.HI/c1-4-20-19(21-9-10-23-11-13-26(24,25)14-12-23)22-15-17(3)18-7-5-16(2)6-8-18;/h5-8,17H,4,9-15H2,1-3H3,(H2,20,21,22);1H. The fraction of sp³-hybridized carbons (Fsp3) is 0.632. The predicted octanol–water partition coefficient (Wildman–Crippen LogP) is 2.00. The van der Waals surface area contributed by atoms with Gasteiger partial charge < -0.3 is 10.6 Å². The molecule has 2 rings (SSSR count). The van der Waals surface area contributed by atoms with Crippen molar-refractivity contribution in [2.24, 2.45) is 4.99 Å². The molecule has 1 saturated heterocycles. The van der Waals surface area contributed by atoms with Gasteiger partial charge in [0.1, 0.15) is 0 Å². The Kier molecular flexibility index (Phi) is 10.6. The molecule has 1 aromatic carbocycles. The van der Waals surface area contributed by atoms with E-state index in [2.05, 4.69) is 60.6 Å². The van der Waals surface area contributed by atoms with Crippen molar-refractivity contribution in [2.75, 3.05) is 50.8 Å². The van der Waals surface area contributed by atoms with E-state index in [-0.39, 0.29) is 35.5 Å². The summed E-state index contributed by atoms with van der Waals surface area (Å²) in [6, 6.07) is 8.61. The topological polar surface area (TPSA) is 73.8 Å². The zero-order valence-corrected chi connectivity index (χ0v) is 19.7. The van der Waals surface area contributed by atoms with Crippen molar-refractivity contribution in [3.05, 3.63) is 35.4 Å². The Morgan fingerprint density at radius 2 is 1.81 bits per heavy atom. The maximum atomic E-state index is 11.5. The number of halogens is 1. The third kappa shape index (κ3) is 8.78. The highest BCUT2D eigenvalue weighted by Crippen LogP contribution is 2.15. The molecule has 2 N–H and O–H groups in total. The van der Waals surface area contributed by atoms with Crippen LogP contribution in [0.4, 0.5) is 0 Å². The van der Waals surface area contributed by atoms with Gasteiger partial charge in [-0.05, 0) is 19.4 Å². The monoisotopic (exact) mass is 508 g/mol. The van der Waals surface area contributed by atoms with Gasteiger partial charge in [-0.2, -0.15) is 0 Å². The number of aryl methyl sites for hydroxylation is 1. The Morgan fingerprint density at radius 1 is 1.19 bits per heavy atom. The summed E-state index contributed by atoms with van der Waals surface area (Å²) in [6.45, 7) is 10.7. The van der Waals surface area contributed by atoms with E-state index in [0.29, 0.717) is 19.0 Å². The Morgan fingerprint density at radius 3 is 2.41 bits per heavy atom. The Balaban J connectivity index is 0.00000364. The van der Waals surface area contributed by atoms with Crippen LogP contribution in [0, 0.1) is 6.92 Å². The van der Waals surface area contributed by atoms with Crippen molar-refractivity contribution < 1.29 is 8.42 Å². The van der Waals surface area contributed by atoms with E-state index in [1.807, 2.05) is 0 Å². The van der Waals surface area contributed by atoms with Gasteiger partial charge in [0.2, 0.25) is 0 Å². The minimum absolute atomic E-state index is 0. The van der Waals surface area contributed by atoms with Crippen LogP contribution in [0.1, 0.15) is 30.9 Å². The SMILES string of the molecule is CCNC(=NCC(C)c1ccc(C)cc1)NCCN1CCS(=O)(=O)CC1.I. The van der Waals surface area contributed by atoms with Crippen LogP contribution in [-0.4, -0.2) is 70.1 Å². The maximum absolute atomic E-state index is 11.5. The minimum atomic E-state index is -2.81. The summed E-state index contributed by atoms with van der Waals surface area (Å²) in [6.07, 6.45) is 0. The lowest BCUT2D eigenvalue weighted by Crippen LogP contribution is -2.46. The van der Waals surface area contributed by atoms with Gasteiger partial charge in [-0.25, -0.2) is 8.42 Å². The first kappa shape index (κ1) is 24.2. The maximum Gasteiger partial charge on any atom is 0.191 e. The molecule has 1 aromatic rings. The van der Waals surface area contributed by atoms with Crippen LogP contribution >= 0.6 is 24.0 Å². The van der Waals surface area contributed by atoms with Gasteiger partial charge >= 0.3 is 0 Å². The molecule has 154 valence electrons. The summed E-state index contributed by atoms with van der Waals surface area (Å²) in [4.78, 5) is 6.88. The lowest BCUT2D eigenvalue weighted by molar-refractivity contribution is 0.299. The highest BCUT2D eigenvalue weighted by atomic mass is 127. The number of rotatable bonds is 7. The highest BCUT2D eigenvalue weighted by Gasteiger charge is 2.20. The van der Waals surface area contributed by atoms with Crippen LogP contribution in [0.2, 0.25) is 0 Å². The highest BCUT2D eigenvalue weighted by molar-refractivity contribution is 14.0. The Hall–Kier alpha value is -0.870.